The van der Waals surface area contributed by atoms with Gasteiger partial charge in [0.05, 0.1) is 0 Å². The van der Waals surface area contributed by atoms with Crippen molar-refractivity contribution < 1.29 is 4.79 Å². The zero-order chi connectivity index (χ0) is 18.3. The first kappa shape index (κ1) is 17.6. The SMILES string of the molecule is CCc1c(C(=O)N2CCN(C)C3(CCN(C)CC3)C2)[nH]c2ccccc12. The second kappa shape index (κ2) is 6.71. The van der Waals surface area contributed by atoms with Crippen molar-refractivity contribution in [2.75, 3.05) is 46.8 Å². The number of hydrogen-bond acceptors (Lipinski definition) is 3. The number of aryl methyl sites for hydroxylation is 1. The summed E-state index contributed by atoms with van der Waals surface area (Å²) in [7, 11) is 4.42. The smallest absolute Gasteiger partial charge is 0.270 e. The Hall–Kier alpha value is -1.85. The van der Waals surface area contributed by atoms with E-state index in [2.05, 4.69) is 52.8 Å². The molecule has 26 heavy (non-hydrogen) atoms. The average molecular weight is 354 g/mol. The van der Waals surface area contributed by atoms with Crippen molar-refractivity contribution in [3.63, 3.8) is 0 Å². The van der Waals surface area contributed by atoms with Crippen molar-refractivity contribution in [3.05, 3.63) is 35.5 Å². The maximum atomic E-state index is 13.4. The lowest BCUT2D eigenvalue weighted by Crippen LogP contribution is -2.65. The van der Waals surface area contributed by atoms with Crippen molar-refractivity contribution in [3.8, 4) is 0 Å². The van der Waals surface area contributed by atoms with Crippen LogP contribution in [0, 0.1) is 0 Å². The summed E-state index contributed by atoms with van der Waals surface area (Å²) in [6.45, 7) is 6.96. The van der Waals surface area contributed by atoms with Crippen LogP contribution in [0.5, 0.6) is 0 Å². The largest absolute Gasteiger partial charge is 0.350 e. The third-order valence-corrected chi connectivity index (χ3v) is 6.59. The summed E-state index contributed by atoms with van der Waals surface area (Å²) in [6.07, 6.45) is 3.14. The molecule has 140 valence electrons. The van der Waals surface area contributed by atoms with Gasteiger partial charge in [0, 0.05) is 36.1 Å². The molecule has 0 radical (unpaired) electrons. The topological polar surface area (TPSA) is 42.6 Å². The first-order valence-corrected chi connectivity index (χ1v) is 9.83. The third kappa shape index (κ3) is 2.83. The maximum absolute atomic E-state index is 13.4. The lowest BCUT2D eigenvalue weighted by molar-refractivity contribution is -0.0172. The minimum atomic E-state index is 0.138. The van der Waals surface area contributed by atoms with Gasteiger partial charge in [-0.05, 0) is 58.1 Å². The van der Waals surface area contributed by atoms with Gasteiger partial charge < -0.3 is 14.8 Å². The molecular weight excluding hydrogens is 324 g/mol. The zero-order valence-corrected chi connectivity index (χ0v) is 16.2. The Kier molecular flexibility index (Phi) is 4.53. The number of aromatic amines is 1. The number of nitrogens with one attached hydrogen (secondary N) is 1. The molecule has 1 N–H and O–H groups in total. The van der Waals surface area contributed by atoms with Gasteiger partial charge in [0.25, 0.3) is 5.91 Å². The van der Waals surface area contributed by atoms with Gasteiger partial charge in [-0.15, -0.1) is 0 Å². The van der Waals surface area contributed by atoms with Crippen LogP contribution in [-0.2, 0) is 6.42 Å². The van der Waals surface area contributed by atoms with Gasteiger partial charge in [0.1, 0.15) is 5.69 Å². The highest BCUT2D eigenvalue weighted by Gasteiger charge is 2.43. The number of rotatable bonds is 2. The summed E-state index contributed by atoms with van der Waals surface area (Å²) in [4.78, 5) is 23.8. The van der Waals surface area contributed by atoms with Crippen molar-refractivity contribution in [2.24, 2.45) is 0 Å². The predicted molar refractivity (Wildman–Crippen MR) is 106 cm³/mol. The zero-order valence-electron chi connectivity index (χ0n) is 16.2. The van der Waals surface area contributed by atoms with Crippen molar-refractivity contribution in [1.82, 2.24) is 19.7 Å². The van der Waals surface area contributed by atoms with Gasteiger partial charge in [0.2, 0.25) is 0 Å². The van der Waals surface area contributed by atoms with E-state index in [4.69, 9.17) is 0 Å². The molecule has 2 aliphatic heterocycles. The van der Waals surface area contributed by atoms with E-state index in [1.165, 1.54) is 5.39 Å². The molecule has 4 rings (SSSR count). The van der Waals surface area contributed by atoms with Crippen LogP contribution in [0.3, 0.4) is 0 Å². The van der Waals surface area contributed by atoms with E-state index in [1.807, 2.05) is 12.1 Å². The Labute approximate surface area is 155 Å². The number of nitrogens with zero attached hydrogens (tertiary/aromatic N) is 3. The number of hydrogen-bond donors (Lipinski definition) is 1. The summed E-state index contributed by atoms with van der Waals surface area (Å²) in [6, 6.07) is 8.25. The molecule has 2 fully saturated rings. The monoisotopic (exact) mass is 354 g/mol. The molecule has 0 bridgehead atoms. The molecule has 5 nitrogen and oxygen atoms in total. The lowest BCUT2D eigenvalue weighted by Gasteiger charge is -2.52. The fourth-order valence-electron chi connectivity index (χ4n) is 4.72. The maximum Gasteiger partial charge on any atom is 0.270 e. The number of benzene rings is 1. The molecule has 2 saturated heterocycles. The van der Waals surface area contributed by atoms with Crippen molar-refractivity contribution in [2.45, 2.75) is 31.7 Å². The molecule has 3 heterocycles. The van der Waals surface area contributed by atoms with Crippen LogP contribution in [0.1, 0.15) is 35.8 Å². The number of carbonyl (C=O) groups excluding carboxylic acids is 1. The van der Waals surface area contributed by atoms with Gasteiger partial charge in [-0.25, -0.2) is 0 Å². The number of aromatic nitrogens is 1. The third-order valence-electron chi connectivity index (χ3n) is 6.59. The number of amides is 1. The number of para-hydroxylation sites is 1. The standard InChI is InChI=1S/C21H30N4O/c1-4-16-17-7-5-6-8-18(17)22-19(16)20(26)25-14-13-24(3)21(15-25)9-11-23(2)12-10-21/h5-8,22H,4,9-15H2,1-3H3. The first-order valence-electron chi connectivity index (χ1n) is 9.83. The first-order chi connectivity index (χ1) is 12.5. The van der Waals surface area contributed by atoms with Crippen LogP contribution < -0.4 is 0 Å². The molecule has 1 amide bonds. The fraction of sp³-hybridized carbons (Fsp3) is 0.571. The molecule has 5 heteroatoms. The summed E-state index contributed by atoms with van der Waals surface area (Å²) < 4.78 is 0. The Bertz CT molecular complexity index is 803. The van der Waals surface area contributed by atoms with Crippen LogP contribution in [0.4, 0.5) is 0 Å². The van der Waals surface area contributed by atoms with E-state index in [0.717, 1.165) is 68.8 Å². The minimum Gasteiger partial charge on any atom is -0.350 e. The van der Waals surface area contributed by atoms with E-state index in [0.29, 0.717) is 0 Å². The van der Waals surface area contributed by atoms with Crippen LogP contribution in [-0.4, -0.2) is 77.9 Å². The van der Waals surface area contributed by atoms with E-state index in [-0.39, 0.29) is 11.4 Å². The normalized spacial score (nSPS) is 21.6. The summed E-state index contributed by atoms with van der Waals surface area (Å²) in [5.74, 6) is 0.171. The van der Waals surface area contributed by atoms with E-state index >= 15 is 0 Å². The lowest BCUT2D eigenvalue weighted by atomic mass is 9.83. The summed E-state index contributed by atoms with van der Waals surface area (Å²) in [5, 5.41) is 1.18. The van der Waals surface area contributed by atoms with E-state index in [9.17, 15) is 4.79 Å². The molecule has 1 spiro atoms. The number of piperazine rings is 1. The molecule has 0 saturated carbocycles. The Balaban J connectivity index is 1.62. The van der Waals surface area contributed by atoms with Crippen LogP contribution >= 0.6 is 0 Å². The number of carbonyl (C=O) groups is 1. The number of fused-ring (bicyclic) bond motifs is 1. The van der Waals surface area contributed by atoms with Crippen LogP contribution in [0.2, 0.25) is 0 Å². The highest BCUT2D eigenvalue weighted by molar-refractivity contribution is 6.01. The number of likely N-dealkylation sites (tertiary alicyclic amines) is 1. The average Bonchev–Trinajstić information content (AvgIpc) is 3.04. The quantitative estimate of drug-likeness (QED) is 0.901. The van der Waals surface area contributed by atoms with E-state index in [1.54, 1.807) is 0 Å². The molecular formula is C21H30N4O. The molecule has 0 atom stereocenters. The summed E-state index contributed by atoms with van der Waals surface area (Å²) in [5.41, 5.74) is 3.15. The van der Waals surface area contributed by atoms with Crippen LogP contribution in [0.15, 0.2) is 24.3 Å². The van der Waals surface area contributed by atoms with Gasteiger partial charge in [-0.3, -0.25) is 9.69 Å². The van der Waals surface area contributed by atoms with Crippen molar-refractivity contribution in [1.29, 1.82) is 0 Å². The number of piperidine rings is 1. The Morgan fingerprint density at radius 3 is 2.58 bits per heavy atom. The van der Waals surface area contributed by atoms with Gasteiger partial charge in [-0.1, -0.05) is 25.1 Å². The molecule has 0 aliphatic carbocycles. The highest BCUT2D eigenvalue weighted by atomic mass is 16.2. The molecule has 2 aromatic rings. The Morgan fingerprint density at radius 1 is 1.12 bits per heavy atom. The highest BCUT2D eigenvalue weighted by Crippen LogP contribution is 2.32. The van der Waals surface area contributed by atoms with Crippen LogP contribution in [0.25, 0.3) is 10.9 Å². The fourth-order valence-corrected chi connectivity index (χ4v) is 4.72. The van der Waals surface area contributed by atoms with E-state index < -0.39 is 0 Å². The molecule has 0 unspecified atom stereocenters. The second-order valence-electron chi connectivity index (χ2n) is 8.05. The van der Waals surface area contributed by atoms with Gasteiger partial charge >= 0.3 is 0 Å². The predicted octanol–water partition coefficient (Wildman–Crippen LogP) is 2.58. The van der Waals surface area contributed by atoms with Gasteiger partial charge in [0.15, 0.2) is 0 Å². The molecule has 1 aromatic carbocycles. The van der Waals surface area contributed by atoms with Gasteiger partial charge in [-0.2, -0.15) is 0 Å². The minimum absolute atomic E-state index is 0.138. The van der Waals surface area contributed by atoms with Crippen molar-refractivity contribution >= 4 is 16.8 Å². The number of H-pyrrole nitrogens is 1. The summed E-state index contributed by atoms with van der Waals surface area (Å²) >= 11 is 0. The second-order valence-corrected chi connectivity index (χ2v) is 8.05. The number of likely N-dealkylation sites (N-methyl/N-ethyl adjacent to an activating group) is 1. The molecule has 1 aromatic heterocycles. The molecule has 2 aliphatic rings. The Morgan fingerprint density at radius 2 is 1.85 bits per heavy atom.